The Morgan fingerprint density at radius 3 is 2.43 bits per heavy atom. The number of nitrogens with zero attached hydrogens (tertiary/aromatic N) is 1. The molecule has 21 heavy (non-hydrogen) atoms. The molecule has 0 amide bonds. The summed E-state index contributed by atoms with van der Waals surface area (Å²) in [6.45, 7) is 0. The zero-order valence-corrected chi connectivity index (χ0v) is 11.4. The SMILES string of the molecule is Nc1noc(-c2ccc(Cl)cc2F)c1-c1ccc(F)cc1. The second kappa shape index (κ2) is 5.18. The Hall–Kier alpha value is -2.40. The summed E-state index contributed by atoms with van der Waals surface area (Å²) in [5, 5.41) is 3.94. The Morgan fingerprint density at radius 1 is 1.05 bits per heavy atom. The molecule has 0 aliphatic heterocycles. The van der Waals surface area contributed by atoms with Gasteiger partial charge in [-0.1, -0.05) is 28.9 Å². The largest absolute Gasteiger partial charge is 0.380 e. The van der Waals surface area contributed by atoms with Crippen molar-refractivity contribution in [2.75, 3.05) is 5.73 Å². The minimum Gasteiger partial charge on any atom is -0.380 e. The zero-order valence-electron chi connectivity index (χ0n) is 10.6. The lowest BCUT2D eigenvalue weighted by atomic mass is 10.0. The van der Waals surface area contributed by atoms with Gasteiger partial charge in [0.25, 0.3) is 0 Å². The highest BCUT2D eigenvalue weighted by Crippen LogP contribution is 2.38. The molecule has 0 radical (unpaired) electrons. The first-order valence-electron chi connectivity index (χ1n) is 6.03. The molecule has 0 saturated heterocycles. The van der Waals surface area contributed by atoms with Crippen LogP contribution < -0.4 is 5.73 Å². The summed E-state index contributed by atoms with van der Waals surface area (Å²) in [4.78, 5) is 0. The first-order chi connectivity index (χ1) is 10.1. The lowest BCUT2D eigenvalue weighted by molar-refractivity contribution is 0.433. The molecular formula is C15H9ClF2N2O. The lowest BCUT2D eigenvalue weighted by Gasteiger charge is -2.04. The lowest BCUT2D eigenvalue weighted by Crippen LogP contribution is -1.90. The molecule has 3 rings (SSSR count). The van der Waals surface area contributed by atoms with Crippen molar-refractivity contribution in [3.63, 3.8) is 0 Å². The van der Waals surface area contributed by atoms with Crippen LogP contribution in [0.2, 0.25) is 5.02 Å². The molecule has 0 unspecified atom stereocenters. The van der Waals surface area contributed by atoms with Gasteiger partial charge in [-0.05, 0) is 35.9 Å². The molecule has 1 aromatic heterocycles. The highest BCUT2D eigenvalue weighted by Gasteiger charge is 2.20. The number of benzene rings is 2. The molecule has 2 N–H and O–H groups in total. The summed E-state index contributed by atoms with van der Waals surface area (Å²) in [5.74, 6) is -0.658. The van der Waals surface area contributed by atoms with E-state index in [0.29, 0.717) is 11.1 Å². The van der Waals surface area contributed by atoms with Gasteiger partial charge in [-0.2, -0.15) is 0 Å². The number of halogens is 3. The van der Waals surface area contributed by atoms with Gasteiger partial charge in [0, 0.05) is 5.02 Å². The summed E-state index contributed by atoms with van der Waals surface area (Å²) in [5.41, 5.74) is 6.96. The maximum Gasteiger partial charge on any atom is 0.179 e. The highest BCUT2D eigenvalue weighted by atomic mass is 35.5. The van der Waals surface area contributed by atoms with E-state index in [2.05, 4.69) is 5.16 Å². The smallest absolute Gasteiger partial charge is 0.179 e. The molecule has 0 atom stereocenters. The van der Waals surface area contributed by atoms with Crippen LogP contribution in [0.25, 0.3) is 22.5 Å². The molecule has 0 bridgehead atoms. The monoisotopic (exact) mass is 306 g/mol. The van der Waals surface area contributed by atoms with Gasteiger partial charge in [0.2, 0.25) is 0 Å². The van der Waals surface area contributed by atoms with Crippen molar-refractivity contribution < 1.29 is 13.3 Å². The van der Waals surface area contributed by atoms with Gasteiger partial charge in [-0.25, -0.2) is 8.78 Å². The van der Waals surface area contributed by atoms with Crippen molar-refractivity contribution >= 4 is 17.4 Å². The van der Waals surface area contributed by atoms with Crippen molar-refractivity contribution in [2.24, 2.45) is 0 Å². The van der Waals surface area contributed by atoms with Crippen LogP contribution in [0.3, 0.4) is 0 Å². The highest BCUT2D eigenvalue weighted by molar-refractivity contribution is 6.30. The third kappa shape index (κ3) is 2.48. The molecule has 3 nitrogen and oxygen atoms in total. The van der Waals surface area contributed by atoms with Gasteiger partial charge in [-0.3, -0.25) is 0 Å². The topological polar surface area (TPSA) is 52.0 Å². The maximum absolute atomic E-state index is 14.0. The van der Waals surface area contributed by atoms with Crippen LogP contribution in [0.5, 0.6) is 0 Å². The molecule has 0 aliphatic rings. The fourth-order valence-corrected chi connectivity index (χ4v) is 2.21. The second-order valence-electron chi connectivity index (χ2n) is 4.40. The van der Waals surface area contributed by atoms with E-state index in [0.717, 1.165) is 0 Å². The number of anilines is 1. The van der Waals surface area contributed by atoms with Crippen molar-refractivity contribution in [3.05, 3.63) is 59.1 Å². The fraction of sp³-hybridized carbons (Fsp3) is 0. The predicted molar refractivity (Wildman–Crippen MR) is 76.7 cm³/mol. The number of hydrogen-bond acceptors (Lipinski definition) is 3. The van der Waals surface area contributed by atoms with Crippen LogP contribution in [0.4, 0.5) is 14.6 Å². The second-order valence-corrected chi connectivity index (χ2v) is 4.84. The number of nitrogens with two attached hydrogens (primary N) is 1. The molecule has 1 heterocycles. The normalized spacial score (nSPS) is 10.8. The van der Waals surface area contributed by atoms with Crippen molar-refractivity contribution in [3.8, 4) is 22.5 Å². The minimum atomic E-state index is -0.554. The van der Waals surface area contributed by atoms with Gasteiger partial charge in [-0.15, -0.1) is 0 Å². The molecule has 106 valence electrons. The van der Waals surface area contributed by atoms with Gasteiger partial charge in [0.1, 0.15) is 11.6 Å². The summed E-state index contributed by atoms with van der Waals surface area (Å²) in [6.07, 6.45) is 0. The van der Waals surface area contributed by atoms with E-state index in [9.17, 15) is 8.78 Å². The van der Waals surface area contributed by atoms with Crippen LogP contribution in [0, 0.1) is 11.6 Å². The Kier molecular flexibility index (Phi) is 3.35. The molecular weight excluding hydrogens is 298 g/mol. The van der Waals surface area contributed by atoms with E-state index in [1.165, 1.54) is 42.5 Å². The molecule has 6 heteroatoms. The molecule has 0 spiro atoms. The average Bonchev–Trinajstić information content (AvgIpc) is 2.82. The molecule has 0 saturated carbocycles. The van der Waals surface area contributed by atoms with Crippen molar-refractivity contribution in [1.82, 2.24) is 5.16 Å². The van der Waals surface area contributed by atoms with Crippen molar-refractivity contribution in [2.45, 2.75) is 0 Å². The fourth-order valence-electron chi connectivity index (χ4n) is 2.06. The number of hydrogen-bond donors (Lipinski definition) is 1. The molecule has 0 aliphatic carbocycles. The van der Waals surface area contributed by atoms with Gasteiger partial charge in [0.15, 0.2) is 11.6 Å². The van der Waals surface area contributed by atoms with Gasteiger partial charge >= 0.3 is 0 Å². The van der Waals surface area contributed by atoms with Gasteiger partial charge < -0.3 is 10.3 Å². The minimum absolute atomic E-state index is 0.103. The van der Waals surface area contributed by atoms with Crippen LogP contribution in [0.1, 0.15) is 0 Å². The summed E-state index contributed by atoms with van der Waals surface area (Å²) >= 11 is 5.73. The third-order valence-electron chi connectivity index (χ3n) is 3.03. The van der Waals surface area contributed by atoms with E-state index in [-0.39, 0.29) is 28.0 Å². The predicted octanol–water partition coefficient (Wildman–Crippen LogP) is 4.52. The van der Waals surface area contributed by atoms with Crippen LogP contribution in [0.15, 0.2) is 47.0 Å². The first kappa shape index (κ1) is 13.6. The van der Waals surface area contributed by atoms with Crippen LogP contribution >= 0.6 is 11.6 Å². The van der Waals surface area contributed by atoms with Crippen molar-refractivity contribution in [1.29, 1.82) is 0 Å². The Labute approximate surface area is 123 Å². The first-order valence-corrected chi connectivity index (χ1v) is 6.40. The number of aromatic nitrogens is 1. The summed E-state index contributed by atoms with van der Waals surface area (Å²) in [7, 11) is 0. The van der Waals surface area contributed by atoms with Crippen LogP contribution in [-0.4, -0.2) is 5.16 Å². The standard InChI is InChI=1S/C15H9ClF2N2O/c16-9-3-6-11(12(18)7-9)14-13(15(19)20-21-14)8-1-4-10(17)5-2-8/h1-7H,(H2,19,20). The Bertz CT molecular complexity index is 800. The number of nitrogen functional groups attached to an aromatic ring is 1. The Morgan fingerprint density at radius 2 is 1.76 bits per heavy atom. The summed E-state index contributed by atoms with van der Waals surface area (Å²) in [6, 6.07) is 9.79. The summed E-state index contributed by atoms with van der Waals surface area (Å²) < 4.78 is 32.2. The molecule has 2 aromatic carbocycles. The maximum atomic E-state index is 14.0. The van der Waals surface area contributed by atoms with E-state index >= 15 is 0 Å². The molecule has 0 fully saturated rings. The van der Waals surface area contributed by atoms with E-state index in [1.807, 2.05) is 0 Å². The van der Waals surface area contributed by atoms with E-state index < -0.39 is 5.82 Å². The van der Waals surface area contributed by atoms with E-state index in [1.54, 1.807) is 0 Å². The van der Waals surface area contributed by atoms with Crippen LogP contribution in [-0.2, 0) is 0 Å². The quantitative estimate of drug-likeness (QED) is 0.757. The molecule has 3 aromatic rings. The third-order valence-corrected chi connectivity index (χ3v) is 3.26. The van der Waals surface area contributed by atoms with Gasteiger partial charge in [0.05, 0.1) is 11.1 Å². The number of rotatable bonds is 2. The van der Waals surface area contributed by atoms with E-state index in [4.69, 9.17) is 21.9 Å². The zero-order chi connectivity index (χ0) is 15.0. The average molecular weight is 307 g/mol. The Balaban J connectivity index is 2.19.